The van der Waals surface area contributed by atoms with Crippen molar-refractivity contribution in [3.05, 3.63) is 24.3 Å². The number of nitrogens with one attached hydrogen (secondary N) is 2. The molecule has 0 aliphatic rings. The second kappa shape index (κ2) is 8.14. The summed E-state index contributed by atoms with van der Waals surface area (Å²) < 4.78 is 9.85. The van der Waals surface area contributed by atoms with Crippen LogP contribution in [0.2, 0.25) is 0 Å². The summed E-state index contributed by atoms with van der Waals surface area (Å²) in [5, 5.41) is 5.28. The molecule has 0 bridgehead atoms. The zero-order valence-electron chi connectivity index (χ0n) is 12.8. The van der Waals surface area contributed by atoms with E-state index in [2.05, 4.69) is 10.6 Å². The number of carbonyl (C=O) groups is 2. The van der Waals surface area contributed by atoms with Crippen molar-refractivity contribution in [3.8, 4) is 5.75 Å². The molecule has 6 nitrogen and oxygen atoms in total. The fourth-order valence-corrected chi connectivity index (χ4v) is 1.89. The van der Waals surface area contributed by atoms with Gasteiger partial charge in [0.1, 0.15) is 11.8 Å². The lowest BCUT2D eigenvalue weighted by molar-refractivity contribution is -0.143. The Morgan fingerprint density at radius 2 is 1.86 bits per heavy atom. The van der Waals surface area contributed by atoms with Crippen molar-refractivity contribution >= 4 is 17.7 Å². The predicted octanol–water partition coefficient (Wildman–Crippen LogP) is 2.40. The van der Waals surface area contributed by atoms with E-state index < -0.39 is 18.0 Å². The number of carbonyl (C=O) groups excluding carboxylic acids is 2. The van der Waals surface area contributed by atoms with Crippen LogP contribution in [0.15, 0.2) is 24.3 Å². The number of urea groups is 1. The van der Waals surface area contributed by atoms with Gasteiger partial charge < -0.3 is 20.1 Å². The Labute approximate surface area is 124 Å². The lowest BCUT2D eigenvalue weighted by Gasteiger charge is -2.19. The molecule has 1 unspecified atom stereocenters. The van der Waals surface area contributed by atoms with Crippen LogP contribution in [-0.2, 0) is 9.53 Å². The van der Waals surface area contributed by atoms with Gasteiger partial charge in [-0.15, -0.1) is 0 Å². The average Bonchev–Trinajstić information content (AvgIpc) is 2.45. The van der Waals surface area contributed by atoms with Gasteiger partial charge in [0.2, 0.25) is 0 Å². The highest BCUT2D eigenvalue weighted by atomic mass is 16.5. The summed E-state index contributed by atoms with van der Waals surface area (Å²) in [5.41, 5.74) is 0.533. The second-order valence-electron chi connectivity index (χ2n) is 5.00. The number of esters is 1. The molecule has 0 spiro atoms. The van der Waals surface area contributed by atoms with Crippen LogP contribution < -0.4 is 15.4 Å². The Morgan fingerprint density at radius 3 is 2.43 bits per heavy atom. The summed E-state index contributed by atoms with van der Waals surface area (Å²) in [4.78, 5) is 23.7. The molecule has 2 N–H and O–H groups in total. The largest absolute Gasteiger partial charge is 0.495 e. The highest BCUT2D eigenvalue weighted by molar-refractivity contribution is 5.93. The van der Waals surface area contributed by atoms with Crippen molar-refractivity contribution in [2.75, 3.05) is 19.5 Å². The molecule has 0 aromatic heterocycles. The van der Waals surface area contributed by atoms with E-state index in [0.717, 1.165) is 0 Å². The Bertz CT molecular complexity index is 488. The lowest BCUT2D eigenvalue weighted by Crippen LogP contribution is -2.44. The zero-order valence-corrected chi connectivity index (χ0v) is 12.8. The molecule has 0 heterocycles. The van der Waals surface area contributed by atoms with Gasteiger partial charge in [-0.25, -0.2) is 9.59 Å². The van der Waals surface area contributed by atoms with E-state index in [4.69, 9.17) is 9.47 Å². The molecular weight excluding hydrogens is 272 g/mol. The Balaban J connectivity index is 2.71. The quantitative estimate of drug-likeness (QED) is 0.790. The minimum atomic E-state index is -0.676. The molecule has 1 atom stereocenters. The molecule has 6 heteroatoms. The van der Waals surface area contributed by atoms with Gasteiger partial charge in [-0.3, -0.25) is 0 Å². The number of methoxy groups -OCH3 is 2. The Morgan fingerprint density at radius 1 is 1.19 bits per heavy atom. The molecule has 1 aromatic rings. The van der Waals surface area contributed by atoms with Crippen molar-refractivity contribution in [1.29, 1.82) is 0 Å². The van der Waals surface area contributed by atoms with E-state index in [1.807, 2.05) is 13.8 Å². The van der Waals surface area contributed by atoms with Crippen LogP contribution in [0.25, 0.3) is 0 Å². The average molecular weight is 294 g/mol. The zero-order chi connectivity index (χ0) is 15.8. The van der Waals surface area contributed by atoms with E-state index in [0.29, 0.717) is 17.9 Å². The Kier molecular flexibility index (Phi) is 6.52. The van der Waals surface area contributed by atoms with Crippen LogP contribution >= 0.6 is 0 Å². The second-order valence-corrected chi connectivity index (χ2v) is 5.00. The monoisotopic (exact) mass is 294 g/mol. The summed E-state index contributed by atoms with van der Waals surface area (Å²) in [6.45, 7) is 3.94. The first-order chi connectivity index (χ1) is 9.97. The number of benzene rings is 1. The molecule has 0 saturated carbocycles. The minimum Gasteiger partial charge on any atom is -0.495 e. The number of ether oxygens (including phenoxy) is 2. The normalized spacial score (nSPS) is 11.7. The van der Waals surface area contributed by atoms with Crippen molar-refractivity contribution < 1.29 is 19.1 Å². The fraction of sp³-hybridized carbons (Fsp3) is 0.467. The van der Waals surface area contributed by atoms with E-state index >= 15 is 0 Å². The van der Waals surface area contributed by atoms with Crippen LogP contribution in [0.5, 0.6) is 5.75 Å². The summed E-state index contributed by atoms with van der Waals surface area (Å²) in [7, 11) is 2.82. The predicted molar refractivity (Wildman–Crippen MR) is 80.4 cm³/mol. The molecule has 21 heavy (non-hydrogen) atoms. The summed E-state index contributed by atoms with van der Waals surface area (Å²) >= 11 is 0. The number of amides is 2. The molecule has 0 fully saturated rings. The highest BCUT2D eigenvalue weighted by Gasteiger charge is 2.22. The van der Waals surface area contributed by atoms with Crippen LogP contribution in [0, 0.1) is 5.92 Å². The van der Waals surface area contributed by atoms with E-state index in [1.165, 1.54) is 14.2 Å². The van der Waals surface area contributed by atoms with Crippen molar-refractivity contribution in [2.45, 2.75) is 26.3 Å². The number of hydrogen-bond acceptors (Lipinski definition) is 4. The van der Waals surface area contributed by atoms with E-state index in [1.54, 1.807) is 24.3 Å². The van der Waals surface area contributed by atoms with Gasteiger partial charge in [0.05, 0.1) is 19.9 Å². The van der Waals surface area contributed by atoms with Crippen molar-refractivity contribution in [2.24, 2.45) is 5.92 Å². The smallest absolute Gasteiger partial charge is 0.328 e. The first-order valence-corrected chi connectivity index (χ1v) is 6.76. The van der Waals surface area contributed by atoms with Crippen LogP contribution in [0.3, 0.4) is 0 Å². The summed E-state index contributed by atoms with van der Waals surface area (Å²) in [6, 6.07) is 5.89. The number of rotatable bonds is 6. The molecule has 1 aromatic carbocycles. The third-order valence-electron chi connectivity index (χ3n) is 2.85. The number of anilines is 1. The van der Waals surface area contributed by atoms with Crippen LogP contribution in [-0.4, -0.2) is 32.3 Å². The third kappa shape index (κ3) is 5.33. The van der Waals surface area contributed by atoms with Gasteiger partial charge in [0.25, 0.3) is 0 Å². The molecule has 0 aliphatic carbocycles. The molecule has 2 amide bonds. The van der Waals surface area contributed by atoms with Gasteiger partial charge in [0.15, 0.2) is 0 Å². The molecule has 1 rings (SSSR count). The van der Waals surface area contributed by atoms with Crippen molar-refractivity contribution in [3.63, 3.8) is 0 Å². The maximum atomic E-state index is 12.0. The van der Waals surface area contributed by atoms with Crippen molar-refractivity contribution in [1.82, 2.24) is 5.32 Å². The molecular formula is C15H22N2O4. The highest BCUT2D eigenvalue weighted by Crippen LogP contribution is 2.22. The SMILES string of the molecule is COC(=O)C(CC(C)C)NC(=O)Nc1ccccc1OC. The van der Waals surface area contributed by atoms with Gasteiger partial charge in [0, 0.05) is 0 Å². The standard InChI is InChI=1S/C15H22N2O4/c1-10(2)9-12(14(18)21-4)17-15(19)16-11-7-5-6-8-13(11)20-3/h5-8,10,12H,9H2,1-4H3,(H2,16,17,19). The summed E-state index contributed by atoms with van der Waals surface area (Å²) in [6.07, 6.45) is 0.506. The molecule has 0 saturated heterocycles. The van der Waals surface area contributed by atoms with Crippen LogP contribution in [0.1, 0.15) is 20.3 Å². The number of para-hydroxylation sites is 2. The van der Waals surface area contributed by atoms with Gasteiger partial charge >= 0.3 is 12.0 Å². The Hall–Kier alpha value is -2.24. The number of hydrogen-bond donors (Lipinski definition) is 2. The van der Waals surface area contributed by atoms with E-state index in [9.17, 15) is 9.59 Å². The topological polar surface area (TPSA) is 76.7 Å². The molecule has 116 valence electrons. The first-order valence-electron chi connectivity index (χ1n) is 6.76. The molecule has 0 aliphatic heterocycles. The fourth-order valence-electron chi connectivity index (χ4n) is 1.89. The van der Waals surface area contributed by atoms with Gasteiger partial charge in [-0.05, 0) is 24.5 Å². The molecule has 0 radical (unpaired) electrons. The summed E-state index contributed by atoms with van der Waals surface area (Å²) in [5.74, 6) is 0.339. The van der Waals surface area contributed by atoms with Crippen LogP contribution in [0.4, 0.5) is 10.5 Å². The lowest BCUT2D eigenvalue weighted by atomic mass is 10.0. The maximum Gasteiger partial charge on any atom is 0.328 e. The minimum absolute atomic E-state index is 0.251. The maximum absolute atomic E-state index is 12.0. The van der Waals surface area contributed by atoms with E-state index in [-0.39, 0.29) is 5.92 Å². The van der Waals surface area contributed by atoms with Gasteiger partial charge in [-0.1, -0.05) is 26.0 Å². The first kappa shape index (κ1) is 16.8. The third-order valence-corrected chi connectivity index (χ3v) is 2.85. The van der Waals surface area contributed by atoms with Gasteiger partial charge in [-0.2, -0.15) is 0 Å².